The normalized spacial score (nSPS) is 12.6. The van der Waals surface area contributed by atoms with E-state index in [0.717, 1.165) is 0 Å². The van der Waals surface area contributed by atoms with Crippen LogP contribution in [0.5, 0.6) is 0 Å². The van der Waals surface area contributed by atoms with Gasteiger partial charge in [-0.1, -0.05) is 49.4 Å². The summed E-state index contributed by atoms with van der Waals surface area (Å²) in [5.74, 6) is 0.782. The maximum atomic E-state index is 11.5. The Morgan fingerprint density at radius 3 is 2.65 bits per heavy atom. The van der Waals surface area contributed by atoms with E-state index in [1.54, 1.807) is 0 Å². The summed E-state index contributed by atoms with van der Waals surface area (Å²) in [5, 5.41) is 2.48. The predicted octanol–water partition coefficient (Wildman–Crippen LogP) is 3.83. The van der Waals surface area contributed by atoms with Gasteiger partial charge in [0.2, 0.25) is 0 Å². The van der Waals surface area contributed by atoms with Gasteiger partial charge in [-0.15, -0.1) is 0 Å². The minimum absolute atomic E-state index is 0.203. The summed E-state index contributed by atoms with van der Waals surface area (Å²) < 4.78 is 0. The summed E-state index contributed by atoms with van der Waals surface area (Å²) in [6.07, 6.45) is 0.567. The van der Waals surface area contributed by atoms with E-state index in [9.17, 15) is 4.79 Å². The van der Waals surface area contributed by atoms with Crippen LogP contribution in [0.15, 0.2) is 42.5 Å². The van der Waals surface area contributed by atoms with Crippen LogP contribution in [-0.2, 0) is 4.79 Å². The standard InChI is InChI=1S/C15H16OS/c1-11(9-13(16)10-17)14-8-4-6-12-5-2-3-7-15(12)14/h2-8,11,17H,9-10H2,1H3/t11-/m1/s1. The Hall–Kier alpha value is -1.28. The molecule has 88 valence electrons. The molecular weight excluding hydrogens is 228 g/mol. The summed E-state index contributed by atoms with van der Waals surface area (Å²) >= 11 is 4.03. The first-order valence-electron chi connectivity index (χ1n) is 5.82. The molecule has 0 spiro atoms. The lowest BCUT2D eigenvalue weighted by Crippen LogP contribution is -2.05. The third-order valence-corrected chi connectivity index (χ3v) is 3.42. The predicted molar refractivity (Wildman–Crippen MR) is 75.8 cm³/mol. The molecule has 0 aliphatic rings. The van der Waals surface area contributed by atoms with Gasteiger partial charge in [-0.3, -0.25) is 4.79 Å². The Bertz CT molecular complexity index is 528. The highest BCUT2D eigenvalue weighted by atomic mass is 32.1. The molecule has 0 amide bonds. The van der Waals surface area contributed by atoms with Gasteiger partial charge in [-0.25, -0.2) is 0 Å². The quantitative estimate of drug-likeness (QED) is 0.809. The largest absolute Gasteiger partial charge is 0.299 e. The van der Waals surface area contributed by atoms with Crippen LogP contribution in [-0.4, -0.2) is 11.5 Å². The van der Waals surface area contributed by atoms with Crippen molar-refractivity contribution in [3.8, 4) is 0 Å². The van der Waals surface area contributed by atoms with Gasteiger partial charge in [-0.05, 0) is 22.3 Å². The molecule has 0 aromatic heterocycles. The van der Waals surface area contributed by atoms with Crippen molar-refractivity contribution in [2.45, 2.75) is 19.3 Å². The fraction of sp³-hybridized carbons (Fsp3) is 0.267. The summed E-state index contributed by atoms with van der Waals surface area (Å²) in [6, 6.07) is 14.6. The highest BCUT2D eigenvalue weighted by molar-refractivity contribution is 7.81. The molecule has 0 bridgehead atoms. The van der Waals surface area contributed by atoms with E-state index in [-0.39, 0.29) is 11.7 Å². The average molecular weight is 244 g/mol. The van der Waals surface area contributed by atoms with Crippen LogP contribution in [0.3, 0.4) is 0 Å². The third-order valence-electron chi connectivity index (χ3n) is 3.06. The van der Waals surface area contributed by atoms with Crippen LogP contribution >= 0.6 is 12.6 Å². The Morgan fingerprint density at radius 2 is 1.88 bits per heavy atom. The van der Waals surface area contributed by atoms with E-state index in [2.05, 4.69) is 49.9 Å². The van der Waals surface area contributed by atoms with Gasteiger partial charge in [0, 0.05) is 12.2 Å². The highest BCUT2D eigenvalue weighted by Crippen LogP contribution is 2.27. The van der Waals surface area contributed by atoms with Crippen molar-refractivity contribution in [1.29, 1.82) is 0 Å². The molecule has 17 heavy (non-hydrogen) atoms. The van der Waals surface area contributed by atoms with Crippen LogP contribution in [0.1, 0.15) is 24.8 Å². The summed E-state index contributed by atoms with van der Waals surface area (Å²) in [7, 11) is 0. The van der Waals surface area contributed by atoms with E-state index in [0.29, 0.717) is 12.2 Å². The average Bonchev–Trinajstić information content (AvgIpc) is 2.37. The fourth-order valence-electron chi connectivity index (χ4n) is 2.20. The monoisotopic (exact) mass is 244 g/mol. The molecule has 0 N–H and O–H groups in total. The smallest absolute Gasteiger partial charge is 0.143 e. The lowest BCUT2D eigenvalue weighted by molar-refractivity contribution is -0.116. The molecule has 0 aliphatic heterocycles. The van der Waals surface area contributed by atoms with Gasteiger partial charge in [0.15, 0.2) is 0 Å². The van der Waals surface area contributed by atoms with Gasteiger partial charge in [0.05, 0.1) is 0 Å². The van der Waals surface area contributed by atoms with E-state index in [4.69, 9.17) is 0 Å². The molecule has 0 fully saturated rings. The number of Topliss-reactive ketones (excluding diaryl/α,β-unsaturated/α-hetero) is 1. The number of carbonyl (C=O) groups is 1. The van der Waals surface area contributed by atoms with Crippen molar-refractivity contribution in [3.05, 3.63) is 48.0 Å². The molecule has 0 saturated heterocycles. The second-order valence-corrected chi connectivity index (χ2v) is 4.69. The summed E-state index contributed by atoms with van der Waals surface area (Å²) in [4.78, 5) is 11.5. The van der Waals surface area contributed by atoms with Crippen LogP contribution < -0.4 is 0 Å². The Morgan fingerprint density at radius 1 is 1.18 bits per heavy atom. The molecule has 0 heterocycles. The number of thiol groups is 1. The van der Waals surface area contributed by atoms with Crippen molar-refractivity contribution >= 4 is 29.2 Å². The summed E-state index contributed by atoms with van der Waals surface area (Å²) in [6.45, 7) is 2.10. The Balaban J connectivity index is 2.38. The van der Waals surface area contributed by atoms with Crippen LogP contribution in [0.2, 0.25) is 0 Å². The van der Waals surface area contributed by atoms with E-state index >= 15 is 0 Å². The first kappa shape index (κ1) is 12.2. The zero-order valence-electron chi connectivity index (χ0n) is 9.89. The molecule has 2 heteroatoms. The number of hydrogen-bond donors (Lipinski definition) is 1. The van der Waals surface area contributed by atoms with E-state index in [1.807, 2.05) is 12.1 Å². The van der Waals surface area contributed by atoms with Crippen LogP contribution in [0.25, 0.3) is 10.8 Å². The first-order valence-corrected chi connectivity index (χ1v) is 6.46. The second-order valence-electron chi connectivity index (χ2n) is 4.37. The topological polar surface area (TPSA) is 17.1 Å². The maximum Gasteiger partial charge on any atom is 0.143 e. The molecule has 0 radical (unpaired) electrons. The zero-order valence-corrected chi connectivity index (χ0v) is 10.8. The SMILES string of the molecule is C[C@H](CC(=O)CS)c1cccc2ccccc12. The van der Waals surface area contributed by atoms with Crippen molar-refractivity contribution in [3.63, 3.8) is 0 Å². The van der Waals surface area contributed by atoms with Gasteiger partial charge in [0.25, 0.3) is 0 Å². The van der Waals surface area contributed by atoms with Gasteiger partial charge < -0.3 is 0 Å². The molecule has 2 rings (SSSR count). The van der Waals surface area contributed by atoms with Crippen molar-refractivity contribution < 1.29 is 4.79 Å². The highest BCUT2D eigenvalue weighted by Gasteiger charge is 2.12. The first-order chi connectivity index (χ1) is 8.22. The minimum atomic E-state index is 0.203. The van der Waals surface area contributed by atoms with Crippen molar-refractivity contribution in [2.75, 3.05) is 5.75 Å². The Labute approximate surface area is 107 Å². The number of fused-ring (bicyclic) bond motifs is 1. The number of carbonyl (C=O) groups excluding carboxylic acids is 1. The third kappa shape index (κ3) is 2.70. The van der Waals surface area contributed by atoms with Crippen LogP contribution in [0.4, 0.5) is 0 Å². The fourth-order valence-corrected chi connectivity index (χ4v) is 2.33. The molecule has 0 aliphatic carbocycles. The lowest BCUT2D eigenvalue weighted by Gasteiger charge is -2.13. The maximum absolute atomic E-state index is 11.5. The van der Waals surface area contributed by atoms with Crippen molar-refractivity contribution in [2.24, 2.45) is 0 Å². The lowest BCUT2D eigenvalue weighted by atomic mass is 9.91. The number of benzene rings is 2. The van der Waals surface area contributed by atoms with Gasteiger partial charge in [-0.2, -0.15) is 12.6 Å². The molecular formula is C15H16OS. The second kappa shape index (κ2) is 5.37. The molecule has 2 aromatic carbocycles. The van der Waals surface area contributed by atoms with Gasteiger partial charge >= 0.3 is 0 Å². The number of hydrogen-bond acceptors (Lipinski definition) is 2. The van der Waals surface area contributed by atoms with E-state index in [1.165, 1.54) is 16.3 Å². The van der Waals surface area contributed by atoms with E-state index < -0.39 is 0 Å². The molecule has 0 saturated carbocycles. The number of ketones is 1. The molecule has 0 unspecified atom stereocenters. The number of rotatable bonds is 4. The van der Waals surface area contributed by atoms with Crippen LogP contribution in [0, 0.1) is 0 Å². The molecule has 1 atom stereocenters. The molecule has 1 nitrogen and oxygen atoms in total. The minimum Gasteiger partial charge on any atom is -0.299 e. The zero-order chi connectivity index (χ0) is 12.3. The van der Waals surface area contributed by atoms with Gasteiger partial charge in [0.1, 0.15) is 5.78 Å². The summed E-state index contributed by atoms with van der Waals surface area (Å²) in [5.41, 5.74) is 1.25. The molecule has 2 aromatic rings. The van der Waals surface area contributed by atoms with Crippen molar-refractivity contribution in [1.82, 2.24) is 0 Å². The Kier molecular flexibility index (Phi) is 3.85.